The lowest BCUT2D eigenvalue weighted by Crippen LogP contribution is -2.22. The van der Waals surface area contributed by atoms with Gasteiger partial charge in [-0.2, -0.15) is 0 Å². The van der Waals surface area contributed by atoms with E-state index in [1.807, 2.05) is 0 Å². The number of nitrogens with zero attached hydrogens (tertiary/aromatic N) is 3. The summed E-state index contributed by atoms with van der Waals surface area (Å²) in [4.78, 5) is 4.92. The van der Waals surface area contributed by atoms with Gasteiger partial charge in [-0.25, -0.2) is 0 Å². The molecular weight excluding hydrogens is 751 g/mol. The number of fused-ring (bicyclic) bond motifs is 7. The Kier molecular flexibility index (Phi) is 8.67. The highest BCUT2D eigenvalue weighted by Gasteiger charge is 2.45. The zero-order chi connectivity index (χ0) is 41.0. The van der Waals surface area contributed by atoms with E-state index < -0.39 is 0 Å². The highest BCUT2D eigenvalue weighted by Crippen LogP contribution is 2.55. The average molecular weight is 796 g/mol. The van der Waals surface area contributed by atoms with Crippen LogP contribution in [0, 0.1) is 0 Å². The van der Waals surface area contributed by atoms with E-state index in [2.05, 4.69) is 239 Å². The van der Waals surface area contributed by atoms with E-state index in [0.29, 0.717) is 0 Å². The molecule has 9 aromatic carbocycles. The number of hydrogen-bond acceptors (Lipinski definition) is 2. The summed E-state index contributed by atoms with van der Waals surface area (Å²) in [5.41, 5.74) is 18.8. The number of aryl methyl sites for hydroxylation is 2. The number of para-hydroxylation sites is 5. The van der Waals surface area contributed by atoms with Gasteiger partial charge in [0.1, 0.15) is 0 Å². The van der Waals surface area contributed by atoms with E-state index in [4.69, 9.17) is 0 Å². The van der Waals surface area contributed by atoms with Crippen LogP contribution in [0.3, 0.4) is 0 Å². The Morgan fingerprint density at radius 3 is 1.55 bits per heavy atom. The molecule has 1 aromatic heterocycles. The van der Waals surface area contributed by atoms with E-state index in [-0.39, 0.29) is 5.41 Å². The van der Waals surface area contributed by atoms with E-state index >= 15 is 0 Å². The molecule has 0 saturated heterocycles. The third kappa shape index (κ3) is 5.88. The van der Waals surface area contributed by atoms with Crippen LogP contribution in [0.2, 0.25) is 0 Å². The van der Waals surface area contributed by atoms with Gasteiger partial charge in [0.25, 0.3) is 0 Å². The second-order valence-electron chi connectivity index (χ2n) is 16.9. The molecular formula is C59H45N3. The number of benzene rings is 9. The predicted octanol–water partition coefficient (Wildman–Crippen LogP) is 15.6. The van der Waals surface area contributed by atoms with Gasteiger partial charge in [-0.15, -0.1) is 0 Å². The SMILES string of the molecule is c1ccc(-c2ccccc2N(c2ccccc2)c2ccc3c(c2)[C@]2(CCc4ccc(N(c5ccccc5)c5ccc6c7ccccc7n(-c7ccccc7)c6c5)cc42)CC3)cc1. The molecule has 1 atom stereocenters. The Labute approximate surface area is 363 Å². The topological polar surface area (TPSA) is 11.4 Å². The summed E-state index contributed by atoms with van der Waals surface area (Å²) in [7, 11) is 0. The quantitative estimate of drug-likeness (QED) is 0.152. The summed E-state index contributed by atoms with van der Waals surface area (Å²) in [6.07, 6.45) is 4.38. The van der Waals surface area contributed by atoms with Crippen molar-refractivity contribution in [3.05, 3.63) is 247 Å². The molecule has 296 valence electrons. The minimum Gasteiger partial charge on any atom is -0.310 e. The summed E-state index contributed by atoms with van der Waals surface area (Å²) in [5, 5.41) is 2.51. The van der Waals surface area contributed by atoms with Crippen molar-refractivity contribution in [2.24, 2.45) is 0 Å². The van der Waals surface area contributed by atoms with Crippen LogP contribution in [0.4, 0.5) is 34.1 Å². The minimum absolute atomic E-state index is 0.0654. The van der Waals surface area contributed by atoms with Crippen LogP contribution < -0.4 is 9.80 Å². The van der Waals surface area contributed by atoms with Gasteiger partial charge in [-0.3, -0.25) is 0 Å². The van der Waals surface area contributed by atoms with Crippen molar-refractivity contribution in [1.82, 2.24) is 4.57 Å². The fraction of sp³-hybridized carbons (Fsp3) is 0.0847. The Balaban J connectivity index is 1.00. The maximum absolute atomic E-state index is 2.54. The molecule has 0 bridgehead atoms. The summed E-state index contributed by atoms with van der Waals surface area (Å²) in [6, 6.07) is 82.5. The lowest BCUT2D eigenvalue weighted by atomic mass is 9.76. The number of hydrogen-bond donors (Lipinski definition) is 0. The molecule has 62 heavy (non-hydrogen) atoms. The molecule has 0 fully saturated rings. The molecule has 0 aliphatic heterocycles. The fourth-order valence-corrected chi connectivity index (χ4v) is 10.8. The lowest BCUT2D eigenvalue weighted by Gasteiger charge is -2.32. The van der Waals surface area contributed by atoms with Gasteiger partial charge in [0.2, 0.25) is 0 Å². The van der Waals surface area contributed by atoms with Crippen LogP contribution in [-0.4, -0.2) is 4.57 Å². The Morgan fingerprint density at radius 2 is 0.871 bits per heavy atom. The van der Waals surface area contributed by atoms with Crippen molar-refractivity contribution in [2.75, 3.05) is 9.80 Å². The first-order valence-electron chi connectivity index (χ1n) is 21.9. The van der Waals surface area contributed by atoms with Crippen LogP contribution in [0.1, 0.15) is 35.1 Å². The van der Waals surface area contributed by atoms with Gasteiger partial charge in [0.15, 0.2) is 0 Å². The summed E-state index contributed by atoms with van der Waals surface area (Å²) in [6.45, 7) is 0. The molecule has 1 heterocycles. The van der Waals surface area contributed by atoms with Crippen molar-refractivity contribution in [3.8, 4) is 16.8 Å². The lowest BCUT2D eigenvalue weighted by molar-refractivity contribution is 0.507. The molecule has 3 heteroatoms. The number of rotatable bonds is 8. The third-order valence-electron chi connectivity index (χ3n) is 13.6. The zero-order valence-electron chi connectivity index (χ0n) is 34.5. The van der Waals surface area contributed by atoms with Gasteiger partial charge < -0.3 is 14.4 Å². The van der Waals surface area contributed by atoms with Crippen molar-refractivity contribution in [3.63, 3.8) is 0 Å². The fourth-order valence-electron chi connectivity index (χ4n) is 10.8. The Bertz CT molecular complexity index is 3240. The van der Waals surface area contributed by atoms with Gasteiger partial charge in [-0.05, 0) is 138 Å². The van der Waals surface area contributed by atoms with E-state index in [1.165, 1.54) is 72.2 Å². The second kappa shape index (κ2) is 14.8. The molecule has 1 spiro atoms. The number of anilines is 6. The molecule has 0 unspecified atom stereocenters. The number of aromatic nitrogens is 1. The van der Waals surface area contributed by atoms with Crippen molar-refractivity contribution in [2.45, 2.75) is 31.1 Å². The van der Waals surface area contributed by atoms with Gasteiger partial charge in [-0.1, -0.05) is 140 Å². The van der Waals surface area contributed by atoms with E-state index in [0.717, 1.165) is 48.4 Å². The zero-order valence-corrected chi connectivity index (χ0v) is 34.5. The third-order valence-corrected chi connectivity index (χ3v) is 13.6. The average Bonchev–Trinajstić information content (AvgIpc) is 4.02. The summed E-state index contributed by atoms with van der Waals surface area (Å²) < 4.78 is 2.42. The maximum atomic E-state index is 2.54. The second-order valence-corrected chi connectivity index (χ2v) is 16.9. The Morgan fingerprint density at radius 1 is 0.371 bits per heavy atom. The smallest absolute Gasteiger partial charge is 0.0561 e. The van der Waals surface area contributed by atoms with Gasteiger partial charge >= 0.3 is 0 Å². The molecule has 10 aromatic rings. The molecule has 0 amide bonds. The van der Waals surface area contributed by atoms with E-state index in [9.17, 15) is 0 Å². The van der Waals surface area contributed by atoms with Crippen molar-refractivity contribution < 1.29 is 0 Å². The maximum Gasteiger partial charge on any atom is 0.0561 e. The van der Waals surface area contributed by atoms with Crippen LogP contribution in [-0.2, 0) is 18.3 Å². The van der Waals surface area contributed by atoms with E-state index in [1.54, 1.807) is 0 Å². The standard InChI is InChI=1S/C59H45N3/c1-5-17-42(18-6-1)51-25-13-15-27-56(51)61(46-21-9-3-10-22-46)49-32-30-44-36-38-59(55(44)40-49)37-35-43-29-31-48(39-54(43)59)60(45-19-7-2-8-20-45)50-33-34-53-52-26-14-16-28-57(52)62(58(53)41-50)47-23-11-4-12-24-47/h1-34,39-41H,35-38H2/t59-/m1/s1. The highest BCUT2D eigenvalue weighted by molar-refractivity contribution is 6.10. The summed E-state index contributed by atoms with van der Waals surface area (Å²) >= 11 is 0. The first-order valence-corrected chi connectivity index (χ1v) is 21.9. The molecule has 0 radical (unpaired) electrons. The predicted molar refractivity (Wildman–Crippen MR) is 259 cm³/mol. The highest BCUT2D eigenvalue weighted by atomic mass is 15.2. The monoisotopic (exact) mass is 795 g/mol. The first-order chi connectivity index (χ1) is 30.7. The van der Waals surface area contributed by atoms with Crippen LogP contribution in [0.5, 0.6) is 0 Å². The summed E-state index contributed by atoms with van der Waals surface area (Å²) in [5.74, 6) is 0. The van der Waals surface area contributed by atoms with Crippen LogP contribution in [0.25, 0.3) is 38.6 Å². The molecule has 2 aliphatic carbocycles. The molecule has 3 nitrogen and oxygen atoms in total. The molecule has 12 rings (SSSR count). The molecule has 0 saturated carbocycles. The van der Waals surface area contributed by atoms with Crippen molar-refractivity contribution >= 4 is 55.9 Å². The first kappa shape index (κ1) is 36.2. The van der Waals surface area contributed by atoms with Crippen molar-refractivity contribution in [1.29, 1.82) is 0 Å². The largest absolute Gasteiger partial charge is 0.310 e. The molecule has 2 aliphatic rings. The van der Waals surface area contributed by atoms with Gasteiger partial charge in [0.05, 0.1) is 16.7 Å². The van der Waals surface area contributed by atoms with Crippen LogP contribution in [0.15, 0.2) is 224 Å². The van der Waals surface area contributed by atoms with Crippen LogP contribution >= 0.6 is 0 Å². The minimum atomic E-state index is -0.0654. The molecule has 0 N–H and O–H groups in total. The Hall–Kier alpha value is -7.62. The van der Waals surface area contributed by atoms with Gasteiger partial charge in [0, 0.05) is 55.9 Å². The normalized spacial score (nSPS) is 15.2.